The standard InChI is InChI=1S/C37H51N3O4/c1-10-39(11-2)25-34(41)37(42,35(7,26-38)40(27(3)4)28(5)6)36(29-15-13-12-14-16-29,30-17-21-32(43-8)22-18-30)31-19-23-33(44-9)24-20-31/h12-24,27-28,34,41-42H,10-11,25H2,1-9H3. The monoisotopic (exact) mass is 601 g/mol. The van der Waals surface area contributed by atoms with Crippen molar-refractivity contribution in [3.05, 3.63) is 95.6 Å². The maximum atomic E-state index is 14.0. The second-order valence-corrected chi connectivity index (χ2v) is 12.1. The Morgan fingerprint density at radius 2 is 1.16 bits per heavy atom. The number of nitriles is 1. The zero-order chi connectivity index (χ0) is 32.7. The molecule has 0 aromatic heterocycles. The number of nitrogens with zero attached hydrogens (tertiary/aromatic N) is 3. The van der Waals surface area contributed by atoms with Crippen LogP contribution in [-0.4, -0.2) is 83.2 Å². The Bertz CT molecular complexity index is 1290. The molecule has 3 unspecified atom stereocenters. The molecule has 0 aliphatic heterocycles. The summed E-state index contributed by atoms with van der Waals surface area (Å²) in [5, 5.41) is 38.0. The van der Waals surface area contributed by atoms with Gasteiger partial charge in [0.25, 0.3) is 0 Å². The van der Waals surface area contributed by atoms with Gasteiger partial charge < -0.3 is 24.6 Å². The lowest BCUT2D eigenvalue weighted by atomic mass is 9.51. The van der Waals surface area contributed by atoms with Gasteiger partial charge in [0.1, 0.15) is 22.6 Å². The summed E-state index contributed by atoms with van der Waals surface area (Å²) >= 11 is 0. The Hall–Kier alpha value is -3.41. The van der Waals surface area contributed by atoms with Gasteiger partial charge in [-0.05, 0) is 88.7 Å². The van der Waals surface area contributed by atoms with Crippen molar-refractivity contribution in [2.75, 3.05) is 33.9 Å². The molecule has 3 atom stereocenters. The van der Waals surface area contributed by atoms with Crippen LogP contribution in [0.15, 0.2) is 78.9 Å². The van der Waals surface area contributed by atoms with Crippen molar-refractivity contribution in [1.82, 2.24) is 9.80 Å². The van der Waals surface area contributed by atoms with Gasteiger partial charge in [0.15, 0.2) is 0 Å². The first-order chi connectivity index (χ1) is 20.9. The Balaban J connectivity index is 2.69. The number of likely N-dealkylation sites (N-methyl/N-ethyl adjacent to an activating group) is 1. The summed E-state index contributed by atoms with van der Waals surface area (Å²) in [7, 11) is 3.23. The number of aliphatic hydroxyl groups is 2. The van der Waals surface area contributed by atoms with E-state index in [4.69, 9.17) is 9.47 Å². The fraction of sp³-hybridized carbons (Fsp3) is 0.486. The van der Waals surface area contributed by atoms with Crippen molar-refractivity contribution in [2.24, 2.45) is 0 Å². The van der Waals surface area contributed by atoms with Gasteiger partial charge in [0.05, 0.1) is 31.8 Å². The second kappa shape index (κ2) is 14.6. The topological polar surface area (TPSA) is 89.2 Å². The van der Waals surface area contributed by atoms with E-state index in [-0.39, 0.29) is 18.6 Å². The zero-order valence-electron chi connectivity index (χ0n) is 27.9. The normalized spacial score (nSPS) is 15.6. The average Bonchev–Trinajstić information content (AvgIpc) is 3.04. The molecule has 0 aliphatic carbocycles. The van der Waals surface area contributed by atoms with Crippen LogP contribution in [0.1, 0.15) is 65.2 Å². The van der Waals surface area contributed by atoms with E-state index in [1.165, 1.54) is 0 Å². The molecule has 44 heavy (non-hydrogen) atoms. The van der Waals surface area contributed by atoms with Crippen molar-refractivity contribution < 1.29 is 19.7 Å². The van der Waals surface area contributed by atoms with Crippen LogP contribution in [0, 0.1) is 11.3 Å². The molecule has 0 bridgehead atoms. The highest BCUT2D eigenvalue weighted by molar-refractivity contribution is 5.58. The minimum Gasteiger partial charge on any atom is -0.497 e. The maximum Gasteiger partial charge on any atom is 0.141 e. The lowest BCUT2D eigenvalue weighted by molar-refractivity contribution is -0.189. The van der Waals surface area contributed by atoms with Gasteiger partial charge in [-0.2, -0.15) is 5.26 Å². The molecule has 0 saturated carbocycles. The first-order valence-electron chi connectivity index (χ1n) is 15.6. The van der Waals surface area contributed by atoms with Crippen LogP contribution in [0.25, 0.3) is 0 Å². The van der Waals surface area contributed by atoms with E-state index in [1.54, 1.807) is 21.1 Å². The molecule has 0 spiro atoms. The van der Waals surface area contributed by atoms with Gasteiger partial charge in [0, 0.05) is 18.6 Å². The quantitative estimate of drug-likeness (QED) is 0.211. The van der Waals surface area contributed by atoms with E-state index in [2.05, 4.69) is 11.0 Å². The minimum atomic E-state index is -2.11. The summed E-state index contributed by atoms with van der Waals surface area (Å²) in [5.41, 5.74) is -2.99. The summed E-state index contributed by atoms with van der Waals surface area (Å²) in [5.74, 6) is 1.32. The average molecular weight is 602 g/mol. The molecule has 0 amide bonds. The van der Waals surface area contributed by atoms with Gasteiger partial charge in [-0.1, -0.05) is 68.4 Å². The highest BCUT2D eigenvalue weighted by atomic mass is 16.5. The molecule has 2 N–H and O–H groups in total. The van der Waals surface area contributed by atoms with Gasteiger partial charge in [-0.3, -0.25) is 4.90 Å². The Morgan fingerprint density at radius 1 is 0.750 bits per heavy atom. The van der Waals surface area contributed by atoms with Crippen LogP contribution in [0.5, 0.6) is 11.5 Å². The number of benzene rings is 3. The first-order valence-corrected chi connectivity index (χ1v) is 15.6. The predicted molar refractivity (Wildman–Crippen MR) is 177 cm³/mol. The molecule has 7 heteroatoms. The Labute approximate surface area is 264 Å². The van der Waals surface area contributed by atoms with Gasteiger partial charge in [0.2, 0.25) is 0 Å². The van der Waals surface area contributed by atoms with Crippen molar-refractivity contribution in [3.63, 3.8) is 0 Å². The molecule has 3 aromatic rings. The second-order valence-electron chi connectivity index (χ2n) is 12.1. The number of ether oxygens (including phenoxy) is 2. The number of hydrogen-bond acceptors (Lipinski definition) is 7. The fourth-order valence-corrected chi connectivity index (χ4v) is 7.30. The summed E-state index contributed by atoms with van der Waals surface area (Å²) in [4.78, 5) is 4.11. The Kier molecular flexibility index (Phi) is 11.6. The molecule has 0 saturated heterocycles. The summed E-state index contributed by atoms with van der Waals surface area (Å²) in [6.45, 7) is 15.5. The number of rotatable bonds is 15. The smallest absolute Gasteiger partial charge is 0.141 e. The van der Waals surface area contributed by atoms with Crippen molar-refractivity contribution >= 4 is 0 Å². The predicted octanol–water partition coefficient (Wildman–Crippen LogP) is 5.87. The van der Waals surface area contributed by atoms with Crippen LogP contribution in [0.2, 0.25) is 0 Å². The van der Waals surface area contributed by atoms with Crippen molar-refractivity contribution in [2.45, 2.75) is 83.2 Å². The summed E-state index contributed by atoms with van der Waals surface area (Å²) < 4.78 is 11.1. The molecule has 3 aromatic carbocycles. The van der Waals surface area contributed by atoms with E-state index in [0.717, 1.165) is 5.56 Å². The summed E-state index contributed by atoms with van der Waals surface area (Å²) in [6, 6.07) is 27.2. The maximum absolute atomic E-state index is 14.0. The molecular weight excluding hydrogens is 550 g/mol. The van der Waals surface area contributed by atoms with E-state index in [1.807, 2.05) is 125 Å². The lowest BCUT2D eigenvalue weighted by Gasteiger charge is -2.60. The fourth-order valence-electron chi connectivity index (χ4n) is 7.30. The molecule has 0 aliphatic rings. The number of methoxy groups -OCH3 is 2. The van der Waals surface area contributed by atoms with E-state index < -0.39 is 22.7 Å². The molecule has 0 heterocycles. The minimum absolute atomic E-state index is 0.132. The van der Waals surface area contributed by atoms with Gasteiger partial charge >= 0.3 is 0 Å². The van der Waals surface area contributed by atoms with E-state index >= 15 is 0 Å². The SMILES string of the molecule is CCN(CC)CC(O)C(O)(C(c1ccccc1)(c1ccc(OC)cc1)c1ccc(OC)cc1)C(C)(C#N)N(C(C)C)C(C)C. The van der Waals surface area contributed by atoms with E-state index in [0.29, 0.717) is 35.7 Å². The largest absolute Gasteiger partial charge is 0.497 e. The highest BCUT2D eigenvalue weighted by Crippen LogP contribution is 2.55. The molecular formula is C37H51N3O4. The third-order valence-corrected chi connectivity index (χ3v) is 9.22. The van der Waals surface area contributed by atoms with Crippen LogP contribution in [0.3, 0.4) is 0 Å². The molecule has 7 nitrogen and oxygen atoms in total. The zero-order valence-corrected chi connectivity index (χ0v) is 27.9. The van der Waals surface area contributed by atoms with Crippen LogP contribution in [0.4, 0.5) is 0 Å². The van der Waals surface area contributed by atoms with Crippen molar-refractivity contribution in [3.8, 4) is 17.6 Å². The van der Waals surface area contributed by atoms with Crippen LogP contribution < -0.4 is 9.47 Å². The number of aliphatic hydroxyl groups excluding tert-OH is 1. The van der Waals surface area contributed by atoms with Crippen LogP contribution >= 0.6 is 0 Å². The molecule has 238 valence electrons. The molecule has 0 radical (unpaired) electrons. The lowest BCUT2D eigenvalue weighted by Crippen LogP contribution is -2.78. The Morgan fingerprint density at radius 3 is 1.50 bits per heavy atom. The summed E-state index contributed by atoms with van der Waals surface area (Å²) in [6.07, 6.45) is -1.36. The van der Waals surface area contributed by atoms with Crippen molar-refractivity contribution in [1.29, 1.82) is 5.26 Å². The molecule has 0 fully saturated rings. The van der Waals surface area contributed by atoms with Crippen LogP contribution in [-0.2, 0) is 5.41 Å². The highest BCUT2D eigenvalue weighted by Gasteiger charge is 2.69. The van der Waals surface area contributed by atoms with E-state index in [9.17, 15) is 15.5 Å². The molecule has 3 rings (SSSR count). The first kappa shape index (κ1) is 35.1. The van der Waals surface area contributed by atoms with Gasteiger partial charge in [-0.15, -0.1) is 0 Å². The third-order valence-electron chi connectivity index (χ3n) is 9.22. The number of hydrogen-bond donors (Lipinski definition) is 2. The van der Waals surface area contributed by atoms with Gasteiger partial charge in [-0.25, -0.2) is 0 Å². The third kappa shape index (κ3) is 5.97.